The van der Waals surface area contributed by atoms with E-state index in [0.717, 1.165) is 25.9 Å². The molecule has 0 radical (unpaired) electrons. The van der Waals surface area contributed by atoms with Gasteiger partial charge in [0.1, 0.15) is 0 Å². The van der Waals surface area contributed by atoms with Gasteiger partial charge in [0.25, 0.3) is 0 Å². The average Bonchev–Trinajstić information content (AvgIpc) is 2.97. The van der Waals surface area contributed by atoms with E-state index in [1.54, 1.807) is 0 Å². The fraction of sp³-hybridized carbons (Fsp3) is 0.350. The Hall–Kier alpha value is -2.29. The summed E-state index contributed by atoms with van der Waals surface area (Å²) in [6.45, 7) is 3.80. The van der Waals surface area contributed by atoms with Gasteiger partial charge in [0.2, 0.25) is 0 Å². The van der Waals surface area contributed by atoms with Gasteiger partial charge in [0.15, 0.2) is 0 Å². The van der Waals surface area contributed by atoms with E-state index in [1.807, 2.05) is 17.0 Å². The highest BCUT2D eigenvalue weighted by atomic mass is 16.2. The molecule has 1 fully saturated rings. The summed E-state index contributed by atoms with van der Waals surface area (Å²) in [6, 6.07) is 21.1. The van der Waals surface area contributed by atoms with Gasteiger partial charge in [-0.1, -0.05) is 67.6 Å². The van der Waals surface area contributed by atoms with Crippen LogP contribution in [0.15, 0.2) is 60.7 Å². The third-order valence-electron chi connectivity index (χ3n) is 4.68. The Morgan fingerprint density at radius 2 is 1.74 bits per heavy atom. The Kier molecular flexibility index (Phi) is 4.96. The van der Waals surface area contributed by atoms with Gasteiger partial charge < -0.3 is 10.2 Å². The standard InChI is InChI=1S/C20H24N2O/c1-16(18-12-6-3-7-13-18)19-15-22(20(23)21-19)14-8-11-17-9-4-2-5-10-17/h2-7,9-10,12-13,16,19H,8,11,14-15H2,1H3,(H,21,23)/t16-,19?/m0/s1. The SMILES string of the molecule is C[C@@H](c1ccccc1)C1CN(CCCc2ccccc2)C(=O)N1. The molecular formula is C20H24N2O. The van der Waals surface area contributed by atoms with E-state index in [0.29, 0.717) is 5.92 Å². The molecule has 3 heteroatoms. The Balaban J connectivity index is 1.51. The van der Waals surface area contributed by atoms with Crippen LogP contribution >= 0.6 is 0 Å². The van der Waals surface area contributed by atoms with Crippen LogP contribution in [0.1, 0.15) is 30.4 Å². The van der Waals surface area contributed by atoms with E-state index >= 15 is 0 Å². The number of hydrogen-bond acceptors (Lipinski definition) is 1. The Morgan fingerprint density at radius 3 is 2.43 bits per heavy atom. The van der Waals surface area contributed by atoms with Crippen molar-refractivity contribution in [3.05, 3.63) is 71.8 Å². The molecule has 2 aromatic carbocycles. The number of benzene rings is 2. The van der Waals surface area contributed by atoms with E-state index < -0.39 is 0 Å². The molecule has 0 bridgehead atoms. The first-order valence-corrected chi connectivity index (χ1v) is 8.38. The maximum atomic E-state index is 12.2. The number of nitrogens with zero attached hydrogens (tertiary/aromatic N) is 1. The van der Waals surface area contributed by atoms with Crippen LogP contribution in [0.4, 0.5) is 4.79 Å². The Labute approximate surface area is 138 Å². The van der Waals surface area contributed by atoms with Crippen molar-refractivity contribution in [1.29, 1.82) is 0 Å². The highest BCUT2D eigenvalue weighted by molar-refractivity contribution is 5.77. The third-order valence-corrected chi connectivity index (χ3v) is 4.68. The molecule has 1 N–H and O–H groups in total. The van der Waals surface area contributed by atoms with Crippen molar-refractivity contribution in [3.8, 4) is 0 Å². The normalized spacial score (nSPS) is 18.7. The Morgan fingerprint density at radius 1 is 1.09 bits per heavy atom. The lowest BCUT2D eigenvalue weighted by Crippen LogP contribution is -2.31. The third kappa shape index (κ3) is 3.92. The molecule has 1 saturated heterocycles. The number of amides is 2. The van der Waals surface area contributed by atoms with Crippen LogP contribution in [0.5, 0.6) is 0 Å². The minimum atomic E-state index is 0.0749. The molecule has 0 aromatic heterocycles. The van der Waals surface area contributed by atoms with Crippen molar-refractivity contribution in [2.45, 2.75) is 31.7 Å². The lowest BCUT2D eigenvalue weighted by atomic mass is 9.94. The van der Waals surface area contributed by atoms with Gasteiger partial charge in [-0.3, -0.25) is 0 Å². The summed E-state index contributed by atoms with van der Waals surface area (Å²) in [5.41, 5.74) is 2.62. The van der Waals surface area contributed by atoms with Crippen LogP contribution in [-0.2, 0) is 6.42 Å². The van der Waals surface area contributed by atoms with Gasteiger partial charge in [0.05, 0.1) is 6.04 Å². The van der Waals surface area contributed by atoms with Crippen LogP contribution in [-0.4, -0.2) is 30.1 Å². The molecule has 0 aliphatic carbocycles. The fourth-order valence-corrected chi connectivity index (χ4v) is 3.20. The van der Waals surface area contributed by atoms with Crippen LogP contribution in [0.3, 0.4) is 0 Å². The number of hydrogen-bond donors (Lipinski definition) is 1. The predicted molar refractivity (Wildman–Crippen MR) is 93.5 cm³/mol. The number of carbonyl (C=O) groups excluding carboxylic acids is 1. The highest BCUT2D eigenvalue weighted by Gasteiger charge is 2.32. The molecule has 1 unspecified atom stereocenters. The van der Waals surface area contributed by atoms with E-state index in [2.05, 4.69) is 60.8 Å². The summed E-state index contributed by atoms with van der Waals surface area (Å²) in [5.74, 6) is 0.333. The van der Waals surface area contributed by atoms with E-state index in [1.165, 1.54) is 11.1 Å². The van der Waals surface area contributed by atoms with E-state index in [-0.39, 0.29) is 12.1 Å². The van der Waals surface area contributed by atoms with Crippen LogP contribution in [0.25, 0.3) is 0 Å². The molecule has 3 nitrogen and oxygen atoms in total. The summed E-state index contributed by atoms with van der Waals surface area (Å²) < 4.78 is 0. The number of aryl methyl sites for hydroxylation is 1. The zero-order valence-corrected chi connectivity index (χ0v) is 13.6. The molecule has 1 heterocycles. The second kappa shape index (κ2) is 7.32. The minimum absolute atomic E-state index is 0.0749. The first-order chi connectivity index (χ1) is 11.2. The smallest absolute Gasteiger partial charge is 0.317 e. The largest absolute Gasteiger partial charge is 0.333 e. The number of nitrogens with one attached hydrogen (secondary N) is 1. The molecule has 23 heavy (non-hydrogen) atoms. The predicted octanol–water partition coefficient (Wildman–Crippen LogP) is 3.82. The quantitative estimate of drug-likeness (QED) is 0.864. The van der Waals surface area contributed by atoms with E-state index in [9.17, 15) is 4.79 Å². The van der Waals surface area contributed by atoms with Crippen molar-refractivity contribution in [3.63, 3.8) is 0 Å². The van der Waals surface area contributed by atoms with Crippen molar-refractivity contribution in [2.75, 3.05) is 13.1 Å². The summed E-state index contributed by atoms with van der Waals surface area (Å²) in [4.78, 5) is 14.1. The number of rotatable bonds is 6. The summed E-state index contributed by atoms with van der Waals surface area (Å²) >= 11 is 0. The maximum absolute atomic E-state index is 12.2. The minimum Gasteiger partial charge on any atom is -0.333 e. The van der Waals surface area contributed by atoms with Gasteiger partial charge >= 0.3 is 6.03 Å². The molecule has 120 valence electrons. The first-order valence-electron chi connectivity index (χ1n) is 8.38. The zero-order valence-electron chi connectivity index (χ0n) is 13.6. The van der Waals surface area contributed by atoms with Gasteiger partial charge in [-0.05, 0) is 24.0 Å². The van der Waals surface area contributed by atoms with Gasteiger partial charge in [-0.25, -0.2) is 4.79 Å². The molecule has 2 amide bonds. The van der Waals surface area contributed by atoms with Crippen molar-refractivity contribution in [2.24, 2.45) is 0 Å². The van der Waals surface area contributed by atoms with Crippen molar-refractivity contribution in [1.82, 2.24) is 10.2 Å². The zero-order chi connectivity index (χ0) is 16.1. The van der Waals surface area contributed by atoms with Gasteiger partial charge in [-0.2, -0.15) is 0 Å². The molecule has 0 saturated carbocycles. The summed E-state index contributed by atoms with van der Waals surface area (Å²) in [5, 5.41) is 3.14. The van der Waals surface area contributed by atoms with Crippen molar-refractivity contribution < 1.29 is 4.79 Å². The molecule has 1 aliphatic heterocycles. The van der Waals surface area contributed by atoms with E-state index in [4.69, 9.17) is 0 Å². The summed E-state index contributed by atoms with van der Waals surface area (Å²) in [7, 11) is 0. The number of urea groups is 1. The molecule has 3 rings (SSSR count). The monoisotopic (exact) mass is 308 g/mol. The molecule has 2 atom stereocenters. The highest BCUT2D eigenvalue weighted by Crippen LogP contribution is 2.23. The van der Waals surface area contributed by atoms with Crippen LogP contribution in [0.2, 0.25) is 0 Å². The summed E-state index contributed by atoms with van der Waals surface area (Å²) in [6.07, 6.45) is 2.02. The molecular weight excluding hydrogens is 284 g/mol. The lowest BCUT2D eigenvalue weighted by Gasteiger charge is -2.19. The van der Waals surface area contributed by atoms with Crippen LogP contribution in [0, 0.1) is 0 Å². The maximum Gasteiger partial charge on any atom is 0.317 e. The number of carbonyl (C=O) groups is 1. The van der Waals surface area contributed by atoms with Gasteiger partial charge in [0, 0.05) is 19.0 Å². The molecule has 0 spiro atoms. The van der Waals surface area contributed by atoms with Crippen LogP contribution < -0.4 is 5.32 Å². The average molecular weight is 308 g/mol. The second-order valence-corrected chi connectivity index (χ2v) is 6.29. The topological polar surface area (TPSA) is 32.3 Å². The Bertz CT molecular complexity index is 627. The lowest BCUT2D eigenvalue weighted by molar-refractivity contribution is 0.217. The van der Waals surface area contributed by atoms with Crippen molar-refractivity contribution >= 4 is 6.03 Å². The molecule has 2 aromatic rings. The fourth-order valence-electron chi connectivity index (χ4n) is 3.20. The molecule has 1 aliphatic rings. The second-order valence-electron chi connectivity index (χ2n) is 6.29. The first kappa shape index (κ1) is 15.6. The van der Waals surface area contributed by atoms with Gasteiger partial charge in [-0.15, -0.1) is 0 Å².